The van der Waals surface area contributed by atoms with Crippen LogP contribution in [-0.4, -0.2) is 12.1 Å². The van der Waals surface area contributed by atoms with Crippen LogP contribution in [0.2, 0.25) is 5.02 Å². The van der Waals surface area contributed by atoms with E-state index in [1.807, 2.05) is 36.6 Å². The van der Waals surface area contributed by atoms with Gasteiger partial charge in [0, 0.05) is 28.5 Å². The molecule has 0 N–H and O–H groups in total. The summed E-state index contributed by atoms with van der Waals surface area (Å²) in [4.78, 5) is 16.2. The summed E-state index contributed by atoms with van der Waals surface area (Å²) in [7, 11) is 1.64. The van der Waals surface area contributed by atoms with Gasteiger partial charge in [-0.15, -0.1) is 11.3 Å². The van der Waals surface area contributed by atoms with Gasteiger partial charge in [0.2, 0.25) is 0 Å². The van der Waals surface area contributed by atoms with Crippen LogP contribution in [0, 0.1) is 6.92 Å². The summed E-state index contributed by atoms with van der Waals surface area (Å²) in [5, 5.41) is 4.08. The van der Waals surface area contributed by atoms with Crippen LogP contribution in [0.3, 0.4) is 0 Å². The number of halogens is 1. The Morgan fingerprint density at radius 2 is 1.96 bits per heavy atom. The number of thiazole rings is 1. The summed E-state index contributed by atoms with van der Waals surface area (Å²) in [5.41, 5.74) is 2.66. The zero-order valence-corrected chi connectivity index (χ0v) is 16.8. The van der Waals surface area contributed by atoms with Crippen molar-refractivity contribution < 1.29 is 13.9 Å². The molecule has 0 aliphatic carbocycles. The van der Waals surface area contributed by atoms with Gasteiger partial charge < -0.3 is 13.9 Å². The summed E-state index contributed by atoms with van der Waals surface area (Å²) in [6, 6.07) is 12.6. The predicted octanol–water partition coefficient (Wildman–Crippen LogP) is 5.47. The topological polar surface area (TPSA) is 61.6 Å². The van der Waals surface area contributed by atoms with Crippen LogP contribution < -0.4 is 15.1 Å². The molecule has 0 radical (unpaired) electrons. The molecule has 5 nitrogen and oxygen atoms in total. The number of aryl methyl sites for hydroxylation is 1. The number of fused-ring (bicyclic) bond motifs is 1. The van der Waals surface area contributed by atoms with Crippen LogP contribution in [0.25, 0.3) is 21.5 Å². The van der Waals surface area contributed by atoms with E-state index in [0.717, 1.165) is 33.0 Å². The van der Waals surface area contributed by atoms with Gasteiger partial charge in [-0.05, 0) is 42.8 Å². The van der Waals surface area contributed by atoms with Crippen molar-refractivity contribution in [3.05, 3.63) is 74.5 Å². The molecular formula is C21H16ClNO4S. The second-order valence-corrected chi connectivity index (χ2v) is 7.45. The lowest BCUT2D eigenvalue weighted by Gasteiger charge is -2.08. The van der Waals surface area contributed by atoms with Crippen molar-refractivity contribution in [2.75, 3.05) is 7.11 Å². The maximum Gasteiger partial charge on any atom is 0.336 e. The second kappa shape index (κ2) is 7.66. The largest absolute Gasteiger partial charge is 0.497 e. The van der Waals surface area contributed by atoms with Crippen LogP contribution in [-0.2, 0) is 6.61 Å². The number of benzene rings is 2. The Bertz CT molecular complexity index is 1200. The Hall–Kier alpha value is -2.83. The lowest BCUT2D eigenvalue weighted by Crippen LogP contribution is -2.00. The highest BCUT2D eigenvalue weighted by Gasteiger charge is 2.11. The molecule has 2 aromatic carbocycles. The van der Waals surface area contributed by atoms with Crippen LogP contribution in [0.4, 0.5) is 0 Å². The van der Waals surface area contributed by atoms with Gasteiger partial charge in [0.25, 0.3) is 0 Å². The number of methoxy groups -OCH3 is 1. The van der Waals surface area contributed by atoms with Gasteiger partial charge in [0.15, 0.2) is 0 Å². The first-order chi connectivity index (χ1) is 13.5. The third-order valence-electron chi connectivity index (χ3n) is 4.27. The van der Waals surface area contributed by atoms with E-state index >= 15 is 0 Å². The normalized spacial score (nSPS) is 11.0. The zero-order chi connectivity index (χ0) is 19.7. The van der Waals surface area contributed by atoms with Crippen LogP contribution in [0.5, 0.6) is 11.5 Å². The van der Waals surface area contributed by atoms with E-state index in [1.54, 1.807) is 19.2 Å². The molecule has 0 aliphatic heterocycles. The third kappa shape index (κ3) is 3.74. The van der Waals surface area contributed by atoms with Crippen molar-refractivity contribution in [1.82, 2.24) is 4.98 Å². The van der Waals surface area contributed by atoms with Gasteiger partial charge in [0.1, 0.15) is 28.7 Å². The van der Waals surface area contributed by atoms with Crippen molar-refractivity contribution in [3.8, 4) is 22.1 Å². The zero-order valence-electron chi connectivity index (χ0n) is 15.2. The third-order valence-corrected chi connectivity index (χ3v) is 5.50. The smallest absolute Gasteiger partial charge is 0.336 e. The maximum atomic E-state index is 11.6. The van der Waals surface area contributed by atoms with E-state index in [9.17, 15) is 4.79 Å². The number of aromatic nitrogens is 1. The Morgan fingerprint density at radius 3 is 2.71 bits per heavy atom. The highest BCUT2D eigenvalue weighted by molar-refractivity contribution is 7.13. The first kappa shape index (κ1) is 18.5. The molecule has 0 saturated heterocycles. The van der Waals surface area contributed by atoms with Crippen molar-refractivity contribution in [1.29, 1.82) is 0 Å². The van der Waals surface area contributed by atoms with Gasteiger partial charge in [-0.1, -0.05) is 11.6 Å². The first-order valence-electron chi connectivity index (χ1n) is 8.49. The monoisotopic (exact) mass is 413 g/mol. The molecule has 4 rings (SSSR count). The molecule has 0 amide bonds. The minimum Gasteiger partial charge on any atom is -0.497 e. The molecule has 0 fully saturated rings. The van der Waals surface area contributed by atoms with E-state index in [1.165, 1.54) is 17.4 Å². The molecule has 0 bridgehead atoms. The maximum absolute atomic E-state index is 11.6. The predicted molar refractivity (Wildman–Crippen MR) is 111 cm³/mol. The van der Waals surface area contributed by atoms with Crippen molar-refractivity contribution >= 4 is 33.9 Å². The quantitative estimate of drug-likeness (QED) is 0.406. The molecule has 2 aromatic heterocycles. The minimum absolute atomic E-state index is 0.258. The SMILES string of the molecule is COc1ccc(-c2nc(COc3cc4oc(=O)cc(C)c4cc3Cl)cs2)cc1. The van der Waals surface area contributed by atoms with Gasteiger partial charge in [-0.3, -0.25) is 0 Å². The van der Waals surface area contributed by atoms with Crippen molar-refractivity contribution in [3.63, 3.8) is 0 Å². The second-order valence-electron chi connectivity index (χ2n) is 6.19. The molecule has 4 aromatic rings. The molecular weight excluding hydrogens is 398 g/mol. The average Bonchev–Trinajstić information content (AvgIpc) is 3.16. The summed E-state index contributed by atoms with van der Waals surface area (Å²) < 4.78 is 16.3. The summed E-state index contributed by atoms with van der Waals surface area (Å²) in [6.45, 7) is 2.10. The lowest BCUT2D eigenvalue weighted by molar-refractivity contribution is 0.302. The fourth-order valence-corrected chi connectivity index (χ4v) is 3.85. The molecule has 2 heterocycles. The number of rotatable bonds is 5. The molecule has 0 spiro atoms. The first-order valence-corrected chi connectivity index (χ1v) is 9.75. The van der Waals surface area contributed by atoms with E-state index < -0.39 is 5.63 Å². The molecule has 0 aliphatic rings. The molecule has 0 atom stereocenters. The average molecular weight is 414 g/mol. The van der Waals surface area contributed by atoms with Crippen LogP contribution in [0.1, 0.15) is 11.3 Å². The van der Waals surface area contributed by atoms with Crippen molar-refractivity contribution in [2.45, 2.75) is 13.5 Å². The Labute approximate surface area is 170 Å². The van der Waals surface area contributed by atoms with E-state index in [-0.39, 0.29) is 6.61 Å². The molecule has 0 unspecified atom stereocenters. The molecule has 7 heteroatoms. The van der Waals surface area contributed by atoms with E-state index in [2.05, 4.69) is 4.98 Å². The van der Waals surface area contributed by atoms with Gasteiger partial charge >= 0.3 is 5.63 Å². The number of nitrogens with zero attached hydrogens (tertiary/aromatic N) is 1. The highest BCUT2D eigenvalue weighted by atomic mass is 35.5. The standard InChI is InChI=1S/C21H16ClNO4S/c1-12-7-20(24)27-18-9-19(17(22)8-16(12)18)26-10-14-11-28-21(23-14)13-3-5-15(25-2)6-4-13/h3-9,11H,10H2,1-2H3. The number of hydrogen-bond donors (Lipinski definition) is 0. The fraction of sp³-hybridized carbons (Fsp3) is 0.143. The Kier molecular flexibility index (Phi) is 5.07. The highest BCUT2D eigenvalue weighted by Crippen LogP contribution is 2.32. The lowest BCUT2D eigenvalue weighted by atomic mass is 10.1. The number of hydrogen-bond acceptors (Lipinski definition) is 6. The summed E-state index contributed by atoms with van der Waals surface area (Å²) >= 11 is 7.87. The van der Waals surface area contributed by atoms with Gasteiger partial charge in [-0.2, -0.15) is 0 Å². The Morgan fingerprint density at radius 1 is 1.18 bits per heavy atom. The van der Waals surface area contributed by atoms with Gasteiger partial charge in [0.05, 0.1) is 17.8 Å². The number of ether oxygens (including phenoxy) is 2. The fourth-order valence-electron chi connectivity index (χ4n) is 2.82. The van der Waals surface area contributed by atoms with Gasteiger partial charge in [-0.25, -0.2) is 9.78 Å². The van der Waals surface area contributed by atoms with Crippen molar-refractivity contribution in [2.24, 2.45) is 0 Å². The summed E-state index contributed by atoms with van der Waals surface area (Å²) in [6.07, 6.45) is 0. The molecule has 0 saturated carbocycles. The Balaban J connectivity index is 1.54. The van der Waals surface area contributed by atoms with Crippen LogP contribution in [0.15, 0.2) is 57.1 Å². The molecule has 28 heavy (non-hydrogen) atoms. The van der Waals surface area contributed by atoms with E-state index in [4.69, 9.17) is 25.5 Å². The summed E-state index contributed by atoms with van der Waals surface area (Å²) in [5.74, 6) is 1.25. The van der Waals surface area contributed by atoms with E-state index in [0.29, 0.717) is 16.4 Å². The minimum atomic E-state index is -0.401. The molecule has 142 valence electrons. The van der Waals surface area contributed by atoms with Crippen LogP contribution >= 0.6 is 22.9 Å².